The number of aliphatic carboxylic acids is 1. The van der Waals surface area contributed by atoms with E-state index in [1.165, 1.54) is 12.8 Å². The zero-order valence-electron chi connectivity index (χ0n) is 11.0. The van der Waals surface area contributed by atoms with E-state index in [1.54, 1.807) is 22.7 Å². The van der Waals surface area contributed by atoms with E-state index >= 15 is 0 Å². The maximum atomic E-state index is 10.9. The quantitative estimate of drug-likeness (QED) is 0.853. The molecule has 0 unspecified atom stereocenters. The molecular formula is C14H16N2O2S2. The molecule has 3 rings (SSSR count). The number of hydrogen-bond donors (Lipinski definition) is 1. The van der Waals surface area contributed by atoms with Crippen LogP contribution in [0.1, 0.15) is 18.5 Å². The Morgan fingerprint density at radius 1 is 1.45 bits per heavy atom. The zero-order valence-corrected chi connectivity index (χ0v) is 12.6. The first-order chi connectivity index (χ1) is 9.70. The van der Waals surface area contributed by atoms with Gasteiger partial charge in [0.1, 0.15) is 5.01 Å². The van der Waals surface area contributed by atoms with Crippen LogP contribution in [0.4, 0.5) is 0 Å². The third-order valence-corrected chi connectivity index (χ3v) is 4.90. The molecule has 1 saturated carbocycles. The number of thiazole rings is 1. The molecule has 4 nitrogen and oxygen atoms in total. The second-order valence-electron chi connectivity index (χ2n) is 5.16. The Morgan fingerprint density at radius 3 is 2.95 bits per heavy atom. The molecule has 0 bridgehead atoms. The van der Waals surface area contributed by atoms with Crippen LogP contribution in [0.3, 0.4) is 0 Å². The van der Waals surface area contributed by atoms with Crippen LogP contribution in [-0.2, 0) is 11.3 Å². The first-order valence-electron chi connectivity index (χ1n) is 6.62. The van der Waals surface area contributed by atoms with Crippen LogP contribution in [0.15, 0.2) is 22.2 Å². The average Bonchev–Trinajstić information content (AvgIpc) is 2.91. The third-order valence-electron chi connectivity index (χ3n) is 3.28. The highest BCUT2D eigenvalue weighted by Crippen LogP contribution is 2.31. The van der Waals surface area contributed by atoms with Crippen molar-refractivity contribution in [2.24, 2.45) is 5.92 Å². The molecule has 0 spiro atoms. The van der Waals surface area contributed by atoms with Gasteiger partial charge in [-0.25, -0.2) is 4.98 Å². The molecule has 20 heavy (non-hydrogen) atoms. The van der Waals surface area contributed by atoms with Gasteiger partial charge in [0.25, 0.3) is 0 Å². The van der Waals surface area contributed by atoms with Crippen molar-refractivity contribution in [3.63, 3.8) is 0 Å². The number of thiophene rings is 1. The molecule has 1 aliphatic carbocycles. The SMILES string of the molecule is O=C(O)CN(Cc1csc(-c2ccsc2)n1)CC1CC1. The molecule has 2 aromatic rings. The Balaban J connectivity index is 1.66. The number of carbonyl (C=O) groups is 1. The Morgan fingerprint density at radius 2 is 2.30 bits per heavy atom. The fraction of sp³-hybridized carbons (Fsp3) is 0.429. The summed E-state index contributed by atoms with van der Waals surface area (Å²) >= 11 is 3.29. The summed E-state index contributed by atoms with van der Waals surface area (Å²) in [5.41, 5.74) is 2.12. The minimum atomic E-state index is -0.765. The van der Waals surface area contributed by atoms with Crippen molar-refractivity contribution in [1.82, 2.24) is 9.88 Å². The molecule has 1 aliphatic rings. The van der Waals surface area contributed by atoms with Crippen LogP contribution in [0.25, 0.3) is 10.6 Å². The molecule has 0 aliphatic heterocycles. The Bertz CT molecular complexity index is 576. The molecule has 1 fully saturated rings. The largest absolute Gasteiger partial charge is 0.480 e. The second kappa shape index (κ2) is 6.03. The van der Waals surface area contributed by atoms with Gasteiger partial charge < -0.3 is 5.11 Å². The van der Waals surface area contributed by atoms with E-state index in [0.29, 0.717) is 12.5 Å². The predicted molar refractivity (Wildman–Crippen MR) is 81.1 cm³/mol. The summed E-state index contributed by atoms with van der Waals surface area (Å²) in [6.45, 7) is 1.60. The zero-order chi connectivity index (χ0) is 13.9. The van der Waals surface area contributed by atoms with Gasteiger partial charge in [-0.1, -0.05) is 0 Å². The summed E-state index contributed by atoms with van der Waals surface area (Å²) in [5, 5.41) is 16.2. The van der Waals surface area contributed by atoms with Crippen molar-refractivity contribution in [3.05, 3.63) is 27.9 Å². The number of aromatic nitrogens is 1. The highest BCUT2D eigenvalue weighted by atomic mass is 32.1. The van der Waals surface area contributed by atoms with E-state index in [4.69, 9.17) is 5.11 Å². The second-order valence-corrected chi connectivity index (χ2v) is 6.80. The number of carboxylic acids is 1. The summed E-state index contributed by atoms with van der Waals surface area (Å²) in [6, 6.07) is 2.06. The fourth-order valence-corrected chi connectivity index (χ4v) is 3.69. The molecule has 2 aromatic heterocycles. The molecule has 1 N–H and O–H groups in total. The van der Waals surface area contributed by atoms with E-state index in [2.05, 4.69) is 16.4 Å². The van der Waals surface area contributed by atoms with Crippen LogP contribution >= 0.6 is 22.7 Å². The highest BCUT2D eigenvalue weighted by Gasteiger charge is 2.25. The Labute approximate surface area is 125 Å². The average molecular weight is 308 g/mol. The third kappa shape index (κ3) is 3.65. The van der Waals surface area contributed by atoms with E-state index < -0.39 is 5.97 Å². The van der Waals surface area contributed by atoms with Gasteiger partial charge in [-0.05, 0) is 30.2 Å². The first kappa shape index (κ1) is 13.7. The molecular weight excluding hydrogens is 292 g/mol. The number of hydrogen-bond acceptors (Lipinski definition) is 5. The summed E-state index contributed by atoms with van der Waals surface area (Å²) in [4.78, 5) is 17.5. The lowest BCUT2D eigenvalue weighted by Crippen LogP contribution is -2.31. The standard InChI is InChI=1S/C14H16N2O2S2/c17-13(18)7-16(5-10-1-2-10)6-12-9-20-14(15-12)11-3-4-19-8-11/h3-4,8-10H,1-2,5-7H2,(H,17,18). The van der Waals surface area contributed by atoms with Gasteiger partial charge in [0.2, 0.25) is 0 Å². The first-order valence-corrected chi connectivity index (χ1v) is 8.44. The minimum Gasteiger partial charge on any atom is -0.480 e. The molecule has 0 atom stereocenters. The van der Waals surface area contributed by atoms with Crippen LogP contribution in [0.2, 0.25) is 0 Å². The Kier molecular flexibility index (Phi) is 4.14. The minimum absolute atomic E-state index is 0.0990. The fourth-order valence-electron chi connectivity index (χ4n) is 2.17. The summed E-state index contributed by atoms with van der Waals surface area (Å²) in [5.74, 6) is -0.0803. The van der Waals surface area contributed by atoms with Crippen molar-refractivity contribution in [2.75, 3.05) is 13.1 Å². The molecule has 6 heteroatoms. The van der Waals surface area contributed by atoms with E-state index in [-0.39, 0.29) is 6.54 Å². The van der Waals surface area contributed by atoms with Crippen LogP contribution < -0.4 is 0 Å². The van der Waals surface area contributed by atoms with E-state index in [9.17, 15) is 4.79 Å². The highest BCUT2D eigenvalue weighted by molar-refractivity contribution is 7.14. The van der Waals surface area contributed by atoms with Gasteiger partial charge in [0, 0.05) is 29.4 Å². The summed E-state index contributed by atoms with van der Waals surface area (Å²) < 4.78 is 0. The summed E-state index contributed by atoms with van der Waals surface area (Å²) in [6.07, 6.45) is 2.46. The van der Waals surface area contributed by atoms with Crippen molar-refractivity contribution >= 4 is 28.6 Å². The van der Waals surface area contributed by atoms with Crippen molar-refractivity contribution in [3.8, 4) is 10.6 Å². The van der Waals surface area contributed by atoms with Gasteiger partial charge in [0.15, 0.2) is 0 Å². The van der Waals surface area contributed by atoms with Crippen LogP contribution in [-0.4, -0.2) is 34.0 Å². The van der Waals surface area contributed by atoms with Crippen molar-refractivity contribution in [1.29, 1.82) is 0 Å². The van der Waals surface area contributed by atoms with Crippen molar-refractivity contribution in [2.45, 2.75) is 19.4 Å². The lowest BCUT2D eigenvalue weighted by molar-refractivity contribution is -0.138. The number of carboxylic acid groups (broad SMARTS) is 1. The van der Waals surface area contributed by atoms with E-state index in [1.807, 2.05) is 15.7 Å². The molecule has 0 amide bonds. The maximum absolute atomic E-state index is 10.9. The molecule has 0 saturated heterocycles. The van der Waals surface area contributed by atoms with Gasteiger partial charge in [0.05, 0.1) is 12.2 Å². The monoisotopic (exact) mass is 308 g/mol. The summed E-state index contributed by atoms with van der Waals surface area (Å²) in [7, 11) is 0. The van der Waals surface area contributed by atoms with Gasteiger partial charge >= 0.3 is 5.97 Å². The molecule has 0 aromatic carbocycles. The number of rotatable bonds is 7. The van der Waals surface area contributed by atoms with Gasteiger partial charge in [-0.15, -0.1) is 11.3 Å². The molecule has 0 radical (unpaired) electrons. The smallest absolute Gasteiger partial charge is 0.317 e. The van der Waals surface area contributed by atoms with Gasteiger partial charge in [-0.3, -0.25) is 9.69 Å². The normalized spacial score (nSPS) is 14.8. The predicted octanol–water partition coefficient (Wildman–Crippen LogP) is 3.17. The van der Waals surface area contributed by atoms with Crippen molar-refractivity contribution < 1.29 is 9.90 Å². The van der Waals surface area contributed by atoms with Crippen LogP contribution in [0, 0.1) is 5.92 Å². The van der Waals surface area contributed by atoms with Crippen LogP contribution in [0.5, 0.6) is 0 Å². The maximum Gasteiger partial charge on any atom is 0.317 e. The lowest BCUT2D eigenvalue weighted by Gasteiger charge is -2.18. The molecule has 106 valence electrons. The molecule has 2 heterocycles. The topological polar surface area (TPSA) is 53.4 Å². The van der Waals surface area contributed by atoms with E-state index in [0.717, 1.165) is 22.8 Å². The Hall–Kier alpha value is -1.24. The number of nitrogens with zero attached hydrogens (tertiary/aromatic N) is 2. The lowest BCUT2D eigenvalue weighted by atomic mass is 10.3. The van der Waals surface area contributed by atoms with Gasteiger partial charge in [-0.2, -0.15) is 11.3 Å².